The minimum absolute atomic E-state index is 0.131. The first-order valence-electron chi connectivity index (χ1n) is 5.91. The van der Waals surface area contributed by atoms with Gasteiger partial charge in [0, 0.05) is 16.8 Å². The highest BCUT2D eigenvalue weighted by Gasteiger charge is 2.14. The van der Waals surface area contributed by atoms with Crippen molar-refractivity contribution in [3.63, 3.8) is 0 Å². The van der Waals surface area contributed by atoms with E-state index in [4.69, 9.17) is 11.6 Å². The maximum Gasteiger partial charge on any atom is 0.313 e. The minimum Gasteiger partial charge on any atom is -0.343 e. The maximum atomic E-state index is 13.0. The van der Waals surface area contributed by atoms with Crippen LogP contribution in [0, 0.1) is 12.7 Å². The van der Waals surface area contributed by atoms with Crippen LogP contribution in [0.3, 0.4) is 0 Å². The molecule has 0 saturated carbocycles. The summed E-state index contributed by atoms with van der Waals surface area (Å²) in [7, 11) is 0. The molecule has 0 aliphatic carbocycles. The van der Waals surface area contributed by atoms with Crippen LogP contribution < -0.4 is 10.6 Å². The zero-order chi connectivity index (χ0) is 15.4. The Hall–Kier alpha value is -1.99. The summed E-state index contributed by atoms with van der Waals surface area (Å²) in [5.74, 6) is -2.24. The molecule has 0 bridgehead atoms. The molecular formula is C13H11ClFN3O2S. The predicted octanol–water partition coefficient (Wildman–Crippen LogP) is 2.50. The lowest BCUT2D eigenvalue weighted by Gasteiger charge is -2.06. The van der Waals surface area contributed by atoms with Crippen LogP contribution in [0.4, 0.5) is 10.1 Å². The fraction of sp³-hybridized carbons (Fsp3) is 0.154. The van der Waals surface area contributed by atoms with Gasteiger partial charge in [-0.2, -0.15) is 0 Å². The van der Waals surface area contributed by atoms with Crippen LogP contribution in [0.25, 0.3) is 0 Å². The van der Waals surface area contributed by atoms with Crippen molar-refractivity contribution in [3.05, 3.63) is 45.1 Å². The van der Waals surface area contributed by atoms with Crippen LogP contribution in [0.15, 0.2) is 24.4 Å². The Labute approximate surface area is 129 Å². The monoisotopic (exact) mass is 327 g/mol. The molecule has 0 aliphatic heterocycles. The fourth-order valence-corrected chi connectivity index (χ4v) is 2.41. The highest BCUT2D eigenvalue weighted by atomic mass is 35.5. The van der Waals surface area contributed by atoms with E-state index < -0.39 is 17.6 Å². The lowest BCUT2D eigenvalue weighted by molar-refractivity contribution is -0.136. The molecule has 8 heteroatoms. The van der Waals surface area contributed by atoms with E-state index in [-0.39, 0.29) is 17.3 Å². The van der Waals surface area contributed by atoms with E-state index in [0.29, 0.717) is 0 Å². The number of benzene rings is 1. The topological polar surface area (TPSA) is 71.1 Å². The van der Waals surface area contributed by atoms with Gasteiger partial charge >= 0.3 is 11.8 Å². The number of carbonyl (C=O) groups excluding carboxylic acids is 2. The molecule has 2 aromatic rings. The molecule has 0 atom stereocenters. The third-order valence-electron chi connectivity index (χ3n) is 2.48. The van der Waals surface area contributed by atoms with Gasteiger partial charge in [0.1, 0.15) is 5.82 Å². The number of aromatic nitrogens is 1. The average molecular weight is 328 g/mol. The Morgan fingerprint density at radius 2 is 2.14 bits per heavy atom. The molecule has 2 amide bonds. The Balaban J connectivity index is 1.90. The number of carbonyl (C=O) groups is 2. The molecule has 1 heterocycles. The van der Waals surface area contributed by atoms with E-state index >= 15 is 0 Å². The van der Waals surface area contributed by atoms with Crippen LogP contribution in [0.2, 0.25) is 5.02 Å². The number of nitrogens with one attached hydrogen (secondary N) is 2. The van der Waals surface area contributed by atoms with Gasteiger partial charge in [-0.25, -0.2) is 9.37 Å². The Kier molecular flexibility index (Phi) is 4.87. The summed E-state index contributed by atoms with van der Waals surface area (Å²) in [4.78, 5) is 28.2. The second-order valence-corrected chi connectivity index (χ2v) is 5.84. The first-order chi connectivity index (χ1) is 9.95. The summed E-state index contributed by atoms with van der Waals surface area (Å²) in [5.41, 5.74) is 0.246. The Bertz CT molecular complexity index is 690. The van der Waals surface area contributed by atoms with E-state index in [1.807, 2.05) is 6.92 Å². The van der Waals surface area contributed by atoms with Crippen molar-refractivity contribution in [2.45, 2.75) is 13.5 Å². The molecule has 110 valence electrons. The van der Waals surface area contributed by atoms with Crippen molar-refractivity contribution < 1.29 is 14.0 Å². The highest BCUT2D eigenvalue weighted by Crippen LogP contribution is 2.19. The van der Waals surface area contributed by atoms with Gasteiger partial charge < -0.3 is 10.6 Å². The standard InChI is InChI=1S/C13H11ClFN3O2S/c1-7-16-5-9(21-7)6-17-12(19)13(20)18-8-2-3-11(15)10(14)4-8/h2-5H,6H2,1H3,(H,17,19)(H,18,20). The molecule has 21 heavy (non-hydrogen) atoms. The fourth-order valence-electron chi connectivity index (χ4n) is 1.50. The van der Waals surface area contributed by atoms with Gasteiger partial charge in [0.05, 0.1) is 16.6 Å². The highest BCUT2D eigenvalue weighted by molar-refractivity contribution is 7.11. The lowest BCUT2D eigenvalue weighted by atomic mass is 10.3. The molecule has 0 aliphatic rings. The second kappa shape index (κ2) is 6.64. The van der Waals surface area contributed by atoms with Crippen molar-refractivity contribution in [2.75, 3.05) is 5.32 Å². The second-order valence-electron chi connectivity index (χ2n) is 4.11. The number of aryl methyl sites for hydroxylation is 1. The number of halogens is 2. The van der Waals surface area contributed by atoms with Crippen LogP contribution in [-0.2, 0) is 16.1 Å². The predicted molar refractivity (Wildman–Crippen MR) is 78.7 cm³/mol. The van der Waals surface area contributed by atoms with Gasteiger partial charge in [0.25, 0.3) is 0 Å². The lowest BCUT2D eigenvalue weighted by Crippen LogP contribution is -2.34. The van der Waals surface area contributed by atoms with Crippen LogP contribution in [-0.4, -0.2) is 16.8 Å². The summed E-state index contributed by atoms with van der Waals surface area (Å²) in [6.45, 7) is 2.07. The number of thiazole rings is 1. The van der Waals surface area contributed by atoms with Gasteiger partial charge in [-0.1, -0.05) is 11.6 Å². The summed E-state index contributed by atoms with van der Waals surface area (Å²) < 4.78 is 13.0. The Morgan fingerprint density at radius 3 is 2.76 bits per heavy atom. The number of rotatable bonds is 3. The first kappa shape index (κ1) is 15.4. The van der Waals surface area contributed by atoms with E-state index in [1.165, 1.54) is 23.5 Å². The molecule has 2 rings (SSSR count). The minimum atomic E-state index is -0.848. The van der Waals surface area contributed by atoms with Crippen LogP contribution in [0.1, 0.15) is 9.88 Å². The molecule has 0 spiro atoms. The van der Waals surface area contributed by atoms with Crippen LogP contribution >= 0.6 is 22.9 Å². The molecule has 1 aromatic carbocycles. The molecule has 1 aromatic heterocycles. The number of hydrogen-bond donors (Lipinski definition) is 2. The third kappa shape index (κ3) is 4.24. The normalized spacial score (nSPS) is 10.2. The number of anilines is 1. The molecular weight excluding hydrogens is 317 g/mol. The number of hydrogen-bond acceptors (Lipinski definition) is 4. The van der Waals surface area contributed by atoms with E-state index in [0.717, 1.165) is 16.0 Å². The van der Waals surface area contributed by atoms with E-state index in [2.05, 4.69) is 15.6 Å². The molecule has 5 nitrogen and oxygen atoms in total. The third-order valence-corrected chi connectivity index (χ3v) is 3.68. The van der Waals surface area contributed by atoms with Gasteiger partial charge in [-0.3, -0.25) is 9.59 Å². The van der Waals surface area contributed by atoms with Gasteiger partial charge in [0.2, 0.25) is 0 Å². The zero-order valence-corrected chi connectivity index (χ0v) is 12.5. The zero-order valence-electron chi connectivity index (χ0n) is 10.9. The summed E-state index contributed by atoms with van der Waals surface area (Å²) in [6, 6.07) is 3.66. The SMILES string of the molecule is Cc1ncc(CNC(=O)C(=O)Nc2ccc(F)c(Cl)c2)s1. The molecule has 0 unspecified atom stereocenters. The smallest absolute Gasteiger partial charge is 0.313 e. The Morgan fingerprint density at radius 1 is 1.38 bits per heavy atom. The van der Waals surface area contributed by atoms with Gasteiger partial charge in [0.15, 0.2) is 0 Å². The largest absolute Gasteiger partial charge is 0.343 e. The number of nitrogens with zero attached hydrogens (tertiary/aromatic N) is 1. The van der Waals surface area contributed by atoms with Gasteiger partial charge in [-0.05, 0) is 25.1 Å². The quantitative estimate of drug-likeness (QED) is 0.851. The molecule has 0 radical (unpaired) electrons. The van der Waals surface area contributed by atoms with Crippen LogP contribution in [0.5, 0.6) is 0 Å². The van der Waals surface area contributed by atoms with Gasteiger partial charge in [-0.15, -0.1) is 11.3 Å². The van der Waals surface area contributed by atoms with E-state index in [1.54, 1.807) is 6.20 Å². The molecule has 0 saturated heterocycles. The first-order valence-corrected chi connectivity index (χ1v) is 7.10. The molecule has 0 fully saturated rings. The van der Waals surface area contributed by atoms with Crippen molar-refractivity contribution >= 4 is 40.4 Å². The van der Waals surface area contributed by atoms with Crippen molar-refractivity contribution in [2.24, 2.45) is 0 Å². The van der Waals surface area contributed by atoms with Crippen molar-refractivity contribution in [1.82, 2.24) is 10.3 Å². The summed E-state index contributed by atoms with van der Waals surface area (Å²) in [6.07, 6.45) is 1.64. The number of amides is 2. The molecule has 2 N–H and O–H groups in total. The summed E-state index contributed by atoms with van der Waals surface area (Å²) in [5, 5.41) is 5.56. The van der Waals surface area contributed by atoms with Crippen molar-refractivity contribution in [1.29, 1.82) is 0 Å². The summed E-state index contributed by atoms with van der Waals surface area (Å²) >= 11 is 7.02. The average Bonchev–Trinajstić information content (AvgIpc) is 2.86. The van der Waals surface area contributed by atoms with Crippen molar-refractivity contribution in [3.8, 4) is 0 Å². The maximum absolute atomic E-state index is 13.0. The van der Waals surface area contributed by atoms with E-state index in [9.17, 15) is 14.0 Å².